The van der Waals surface area contributed by atoms with Gasteiger partial charge in [-0.05, 0) is 30.3 Å². The zero-order chi connectivity index (χ0) is 14.0. The molecule has 0 radical (unpaired) electrons. The molecule has 0 aliphatic carbocycles. The molecule has 3 N–H and O–H groups in total. The van der Waals surface area contributed by atoms with E-state index in [2.05, 4.69) is 5.32 Å². The van der Waals surface area contributed by atoms with Gasteiger partial charge in [0.05, 0.1) is 5.69 Å². The second-order valence-corrected chi connectivity index (χ2v) is 4.29. The first-order valence-corrected chi connectivity index (χ1v) is 5.66. The van der Waals surface area contributed by atoms with Crippen molar-refractivity contribution < 1.29 is 13.6 Å². The molecule has 98 valence electrons. The Morgan fingerprint density at radius 2 is 1.89 bits per heavy atom. The smallest absolute Gasteiger partial charge is 0.255 e. The number of nitrogens with two attached hydrogens (primary N) is 1. The summed E-state index contributed by atoms with van der Waals surface area (Å²) in [6.45, 7) is 0. The summed E-state index contributed by atoms with van der Waals surface area (Å²) in [5, 5.41) is 2.54. The second-order valence-electron chi connectivity index (χ2n) is 3.85. The van der Waals surface area contributed by atoms with Crippen LogP contribution in [0.3, 0.4) is 0 Å². The summed E-state index contributed by atoms with van der Waals surface area (Å²) in [6.07, 6.45) is 0. The van der Waals surface area contributed by atoms with Gasteiger partial charge in [0.15, 0.2) is 0 Å². The Bertz CT molecular complexity index is 626. The van der Waals surface area contributed by atoms with Gasteiger partial charge < -0.3 is 11.1 Å². The van der Waals surface area contributed by atoms with Gasteiger partial charge in [-0.2, -0.15) is 0 Å². The first-order valence-electron chi connectivity index (χ1n) is 5.28. The zero-order valence-corrected chi connectivity index (χ0v) is 10.3. The number of hydrogen-bond donors (Lipinski definition) is 2. The first-order chi connectivity index (χ1) is 8.95. The molecule has 6 heteroatoms. The van der Waals surface area contributed by atoms with E-state index in [-0.39, 0.29) is 16.3 Å². The summed E-state index contributed by atoms with van der Waals surface area (Å²) in [6, 6.07) is 7.02. The van der Waals surface area contributed by atoms with E-state index in [0.29, 0.717) is 5.69 Å². The Hall–Kier alpha value is -2.14. The minimum Gasteiger partial charge on any atom is -0.399 e. The van der Waals surface area contributed by atoms with E-state index in [9.17, 15) is 13.6 Å². The van der Waals surface area contributed by atoms with E-state index >= 15 is 0 Å². The van der Waals surface area contributed by atoms with Gasteiger partial charge in [0.2, 0.25) is 0 Å². The molecule has 0 saturated carbocycles. The number of carbonyl (C=O) groups is 1. The number of nitrogen functional groups attached to an aromatic ring is 1. The molecule has 0 aliphatic heterocycles. The Kier molecular flexibility index (Phi) is 3.66. The molecule has 3 nitrogen and oxygen atoms in total. The molecule has 2 rings (SSSR count). The SMILES string of the molecule is Nc1cc(Cl)cc(C(=O)Nc2cc(F)ccc2F)c1. The zero-order valence-electron chi connectivity index (χ0n) is 9.58. The van der Waals surface area contributed by atoms with Gasteiger partial charge in [-0.3, -0.25) is 4.79 Å². The molecule has 0 unspecified atom stereocenters. The topological polar surface area (TPSA) is 55.1 Å². The molecule has 0 heterocycles. The fraction of sp³-hybridized carbons (Fsp3) is 0. The lowest BCUT2D eigenvalue weighted by Crippen LogP contribution is -2.13. The van der Waals surface area contributed by atoms with Crippen LogP contribution in [0, 0.1) is 11.6 Å². The maximum atomic E-state index is 13.4. The molecule has 0 spiro atoms. The predicted molar refractivity (Wildman–Crippen MR) is 70.2 cm³/mol. The largest absolute Gasteiger partial charge is 0.399 e. The van der Waals surface area contributed by atoms with Crippen molar-refractivity contribution >= 4 is 28.9 Å². The predicted octanol–water partition coefficient (Wildman–Crippen LogP) is 3.45. The van der Waals surface area contributed by atoms with E-state index < -0.39 is 17.5 Å². The van der Waals surface area contributed by atoms with Gasteiger partial charge in [0, 0.05) is 22.3 Å². The Morgan fingerprint density at radius 3 is 2.58 bits per heavy atom. The van der Waals surface area contributed by atoms with Crippen molar-refractivity contribution in [2.24, 2.45) is 0 Å². The number of hydrogen-bond acceptors (Lipinski definition) is 2. The Labute approximate surface area is 113 Å². The highest BCUT2D eigenvalue weighted by Crippen LogP contribution is 2.20. The van der Waals surface area contributed by atoms with E-state index in [1.54, 1.807) is 0 Å². The number of benzene rings is 2. The monoisotopic (exact) mass is 282 g/mol. The van der Waals surface area contributed by atoms with Crippen LogP contribution in [-0.2, 0) is 0 Å². The van der Waals surface area contributed by atoms with Crippen LogP contribution in [-0.4, -0.2) is 5.91 Å². The van der Waals surface area contributed by atoms with Crippen molar-refractivity contribution in [2.45, 2.75) is 0 Å². The molecule has 0 fully saturated rings. The lowest BCUT2D eigenvalue weighted by atomic mass is 10.2. The summed E-state index contributed by atoms with van der Waals surface area (Å²) in [5.74, 6) is -2.01. The highest BCUT2D eigenvalue weighted by atomic mass is 35.5. The fourth-order valence-corrected chi connectivity index (χ4v) is 1.77. The molecule has 2 aromatic carbocycles. The number of rotatable bonds is 2. The fourth-order valence-electron chi connectivity index (χ4n) is 1.53. The Balaban J connectivity index is 2.28. The standard InChI is InChI=1S/C13H9ClF2N2O/c14-8-3-7(4-10(17)5-8)13(19)18-12-6-9(15)1-2-11(12)16/h1-6H,17H2,(H,18,19). The van der Waals surface area contributed by atoms with Crippen LogP contribution in [0.5, 0.6) is 0 Å². The highest BCUT2D eigenvalue weighted by molar-refractivity contribution is 6.31. The van der Waals surface area contributed by atoms with Gasteiger partial charge >= 0.3 is 0 Å². The van der Waals surface area contributed by atoms with Crippen LogP contribution in [0.1, 0.15) is 10.4 Å². The number of halogens is 3. The average molecular weight is 283 g/mol. The molecule has 1 amide bonds. The summed E-state index contributed by atoms with van der Waals surface area (Å²) in [7, 11) is 0. The first kappa shape index (κ1) is 13.3. The normalized spacial score (nSPS) is 10.3. The summed E-state index contributed by atoms with van der Waals surface area (Å²) in [5.41, 5.74) is 5.76. The quantitative estimate of drug-likeness (QED) is 0.829. The molecule has 0 bridgehead atoms. The summed E-state index contributed by atoms with van der Waals surface area (Å²) >= 11 is 5.76. The van der Waals surface area contributed by atoms with Gasteiger partial charge in [-0.25, -0.2) is 8.78 Å². The van der Waals surface area contributed by atoms with Crippen molar-refractivity contribution in [2.75, 3.05) is 11.1 Å². The lowest BCUT2D eigenvalue weighted by Gasteiger charge is -2.07. The number of nitrogens with one attached hydrogen (secondary N) is 1. The third kappa shape index (κ3) is 3.20. The van der Waals surface area contributed by atoms with Gasteiger partial charge in [-0.1, -0.05) is 11.6 Å². The molecule has 0 aromatic heterocycles. The van der Waals surface area contributed by atoms with Crippen molar-refractivity contribution in [1.82, 2.24) is 0 Å². The van der Waals surface area contributed by atoms with Crippen molar-refractivity contribution in [3.8, 4) is 0 Å². The van der Waals surface area contributed by atoms with E-state index in [4.69, 9.17) is 17.3 Å². The van der Waals surface area contributed by atoms with Crippen LogP contribution in [0.15, 0.2) is 36.4 Å². The van der Waals surface area contributed by atoms with Crippen LogP contribution in [0.25, 0.3) is 0 Å². The third-order valence-corrected chi connectivity index (χ3v) is 2.58. The number of carbonyl (C=O) groups excluding carboxylic acids is 1. The maximum Gasteiger partial charge on any atom is 0.255 e. The van der Waals surface area contributed by atoms with E-state index in [0.717, 1.165) is 18.2 Å². The van der Waals surface area contributed by atoms with Gasteiger partial charge in [0.1, 0.15) is 11.6 Å². The van der Waals surface area contributed by atoms with Gasteiger partial charge in [0.25, 0.3) is 5.91 Å². The van der Waals surface area contributed by atoms with Crippen LogP contribution in [0.4, 0.5) is 20.2 Å². The maximum absolute atomic E-state index is 13.4. The molecule has 0 atom stereocenters. The van der Waals surface area contributed by atoms with Crippen molar-refractivity contribution in [3.05, 3.63) is 58.6 Å². The van der Waals surface area contributed by atoms with Crippen LogP contribution < -0.4 is 11.1 Å². The molecule has 2 aromatic rings. The highest BCUT2D eigenvalue weighted by Gasteiger charge is 2.11. The third-order valence-electron chi connectivity index (χ3n) is 2.36. The van der Waals surface area contributed by atoms with Crippen LogP contribution >= 0.6 is 11.6 Å². The van der Waals surface area contributed by atoms with Gasteiger partial charge in [-0.15, -0.1) is 0 Å². The average Bonchev–Trinajstić information content (AvgIpc) is 2.32. The summed E-state index contributed by atoms with van der Waals surface area (Å²) in [4.78, 5) is 11.9. The van der Waals surface area contributed by atoms with Crippen molar-refractivity contribution in [1.29, 1.82) is 0 Å². The second kappa shape index (κ2) is 5.24. The van der Waals surface area contributed by atoms with Crippen LogP contribution in [0.2, 0.25) is 5.02 Å². The van der Waals surface area contributed by atoms with E-state index in [1.165, 1.54) is 18.2 Å². The molecular weight excluding hydrogens is 274 g/mol. The molecule has 0 saturated heterocycles. The minimum atomic E-state index is -0.732. The Morgan fingerprint density at radius 1 is 1.16 bits per heavy atom. The molecule has 0 aliphatic rings. The van der Waals surface area contributed by atoms with E-state index in [1.807, 2.05) is 0 Å². The minimum absolute atomic E-state index is 0.161. The van der Waals surface area contributed by atoms with Crippen molar-refractivity contribution in [3.63, 3.8) is 0 Å². The molecular formula is C13H9ClF2N2O. The number of anilines is 2. The number of amides is 1. The summed E-state index contributed by atoms with van der Waals surface area (Å²) < 4.78 is 26.3. The lowest BCUT2D eigenvalue weighted by molar-refractivity contribution is 0.102. The molecule has 19 heavy (non-hydrogen) atoms.